The van der Waals surface area contributed by atoms with E-state index in [2.05, 4.69) is 59.0 Å². The topological polar surface area (TPSA) is 78.0 Å². The first-order valence-electron chi connectivity index (χ1n) is 11.9. The van der Waals surface area contributed by atoms with Crippen LogP contribution in [0.25, 0.3) is 0 Å². The number of hydrogen-bond donors (Lipinski definition) is 3. The van der Waals surface area contributed by atoms with Crippen molar-refractivity contribution in [2.75, 3.05) is 45.9 Å². The number of hydrogen-bond acceptors (Lipinski definition) is 4. The van der Waals surface area contributed by atoms with Gasteiger partial charge in [0.2, 0.25) is 5.91 Å². The number of guanidine groups is 1. The molecule has 1 aromatic carbocycles. The molecule has 1 amide bonds. The van der Waals surface area contributed by atoms with Crippen molar-refractivity contribution < 1.29 is 9.53 Å². The average molecular weight is 430 g/mol. The minimum Gasteiger partial charge on any atom is -0.373 e. The van der Waals surface area contributed by atoms with Crippen molar-refractivity contribution in [3.63, 3.8) is 0 Å². The summed E-state index contributed by atoms with van der Waals surface area (Å²) in [6.07, 6.45) is 4.19. The number of amides is 1. The van der Waals surface area contributed by atoms with Crippen LogP contribution in [0.2, 0.25) is 0 Å². The Kier molecular flexibility index (Phi) is 9.62. The molecule has 0 radical (unpaired) electrons. The van der Waals surface area contributed by atoms with Crippen LogP contribution in [0, 0.1) is 5.92 Å². The molecule has 2 aliphatic heterocycles. The molecule has 2 saturated heterocycles. The molecule has 2 unspecified atom stereocenters. The third-order valence-corrected chi connectivity index (χ3v) is 6.04. The molecule has 172 valence electrons. The molecule has 2 heterocycles. The van der Waals surface area contributed by atoms with Gasteiger partial charge in [0, 0.05) is 51.3 Å². The van der Waals surface area contributed by atoms with Gasteiger partial charge >= 0.3 is 0 Å². The van der Waals surface area contributed by atoms with Crippen LogP contribution in [-0.4, -0.2) is 68.7 Å². The molecule has 0 bridgehead atoms. The number of piperidine rings is 1. The minimum absolute atomic E-state index is 0.134. The van der Waals surface area contributed by atoms with Crippen LogP contribution in [0.1, 0.15) is 51.2 Å². The maximum Gasteiger partial charge on any atom is 0.234 e. The van der Waals surface area contributed by atoms with Crippen molar-refractivity contribution in [1.29, 1.82) is 0 Å². The summed E-state index contributed by atoms with van der Waals surface area (Å²) in [5.41, 5.74) is 1.24. The van der Waals surface area contributed by atoms with Crippen molar-refractivity contribution in [1.82, 2.24) is 20.9 Å². The zero-order chi connectivity index (χ0) is 21.9. The fraction of sp³-hybridized carbons (Fsp3) is 0.667. The smallest absolute Gasteiger partial charge is 0.234 e. The Bertz CT molecular complexity index is 688. The Morgan fingerprint density at radius 2 is 1.90 bits per heavy atom. The van der Waals surface area contributed by atoms with E-state index in [-0.39, 0.29) is 12.0 Å². The number of aliphatic imine (C=N–C) groups is 1. The van der Waals surface area contributed by atoms with E-state index in [1.807, 2.05) is 6.07 Å². The lowest BCUT2D eigenvalue weighted by Gasteiger charge is -2.32. The molecule has 7 heteroatoms. The van der Waals surface area contributed by atoms with Gasteiger partial charge in [0.1, 0.15) is 0 Å². The monoisotopic (exact) mass is 429 g/mol. The van der Waals surface area contributed by atoms with E-state index in [4.69, 9.17) is 9.73 Å². The van der Waals surface area contributed by atoms with Gasteiger partial charge in [-0.2, -0.15) is 0 Å². The van der Waals surface area contributed by atoms with Gasteiger partial charge in [-0.1, -0.05) is 37.3 Å². The van der Waals surface area contributed by atoms with Crippen LogP contribution in [0.5, 0.6) is 0 Å². The SMILES string of the molecule is CCCNC(=O)CN1CCC(NC(=NCC2CCOC2c2ccccc2)NCC)CC1. The Labute approximate surface area is 187 Å². The summed E-state index contributed by atoms with van der Waals surface area (Å²) in [5.74, 6) is 1.43. The number of nitrogens with zero attached hydrogens (tertiary/aromatic N) is 2. The van der Waals surface area contributed by atoms with Gasteiger partial charge in [-0.3, -0.25) is 14.7 Å². The highest BCUT2D eigenvalue weighted by molar-refractivity contribution is 5.80. The Hall–Kier alpha value is -2.12. The molecule has 2 fully saturated rings. The Balaban J connectivity index is 1.47. The van der Waals surface area contributed by atoms with Gasteiger partial charge < -0.3 is 20.7 Å². The summed E-state index contributed by atoms with van der Waals surface area (Å²) in [7, 11) is 0. The van der Waals surface area contributed by atoms with E-state index in [1.165, 1.54) is 5.56 Å². The molecule has 3 rings (SSSR count). The van der Waals surface area contributed by atoms with Crippen LogP contribution in [-0.2, 0) is 9.53 Å². The molecule has 0 aromatic heterocycles. The number of likely N-dealkylation sites (tertiary alicyclic amines) is 1. The van der Waals surface area contributed by atoms with Gasteiger partial charge in [-0.15, -0.1) is 0 Å². The van der Waals surface area contributed by atoms with Crippen molar-refractivity contribution in [2.24, 2.45) is 10.9 Å². The number of ether oxygens (including phenoxy) is 1. The van der Waals surface area contributed by atoms with E-state index >= 15 is 0 Å². The Morgan fingerprint density at radius 1 is 1.13 bits per heavy atom. The average Bonchev–Trinajstić information content (AvgIpc) is 3.27. The van der Waals surface area contributed by atoms with E-state index in [0.29, 0.717) is 18.5 Å². The molecule has 31 heavy (non-hydrogen) atoms. The third-order valence-electron chi connectivity index (χ3n) is 6.04. The quantitative estimate of drug-likeness (QED) is 0.415. The van der Waals surface area contributed by atoms with E-state index < -0.39 is 0 Å². The third kappa shape index (κ3) is 7.51. The van der Waals surface area contributed by atoms with Gasteiger partial charge in [-0.25, -0.2) is 0 Å². The minimum atomic E-state index is 0.134. The number of rotatable bonds is 9. The van der Waals surface area contributed by atoms with Crippen molar-refractivity contribution in [3.8, 4) is 0 Å². The van der Waals surface area contributed by atoms with Crippen molar-refractivity contribution in [2.45, 2.75) is 51.7 Å². The number of nitrogens with one attached hydrogen (secondary N) is 3. The predicted molar refractivity (Wildman–Crippen MR) is 125 cm³/mol. The van der Waals surface area contributed by atoms with Crippen LogP contribution in [0.4, 0.5) is 0 Å². The van der Waals surface area contributed by atoms with Crippen LogP contribution < -0.4 is 16.0 Å². The second kappa shape index (κ2) is 12.7. The van der Waals surface area contributed by atoms with Crippen LogP contribution in [0.15, 0.2) is 35.3 Å². The first kappa shape index (κ1) is 23.5. The number of benzene rings is 1. The molecule has 0 spiro atoms. The van der Waals surface area contributed by atoms with E-state index in [9.17, 15) is 4.79 Å². The standard InChI is InChI=1S/C24H39N5O2/c1-3-13-26-22(30)18-29-14-10-21(11-15-29)28-24(25-4-2)27-17-20-12-16-31-23(20)19-8-6-5-7-9-19/h5-9,20-21,23H,3-4,10-18H2,1-2H3,(H,26,30)(H2,25,27,28). The van der Waals surface area contributed by atoms with E-state index in [0.717, 1.165) is 71.0 Å². The van der Waals surface area contributed by atoms with Crippen molar-refractivity contribution in [3.05, 3.63) is 35.9 Å². The summed E-state index contributed by atoms with van der Waals surface area (Å²) in [4.78, 5) is 19.1. The maximum absolute atomic E-state index is 11.9. The molecular weight excluding hydrogens is 390 g/mol. The lowest BCUT2D eigenvalue weighted by molar-refractivity contribution is -0.122. The fourth-order valence-electron chi connectivity index (χ4n) is 4.31. The zero-order valence-corrected chi connectivity index (χ0v) is 19.1. The highest BCUT2D eigenvalue weighted by Gasteiger charge is 2.29. The fourth-order valence-corrected chi connectivity index (χ4v) is 4.31. The molecule has 0 saturated carbocycles. The van der Waals surface area contributed by atoms with Crippen molar-refractivity contribution >= 4 is 11.9 Å². The van der Waals surface area contributed by atoms with E-state index in [1.54, 1.807) is 0 Å². The highest BCUT2D eigenvalue weighted by Crippen LogP contribution is 2.34. The number of carbonyl (C=O) groups excluding carboxylic acids is 1. The molecule has 3 N–H and O–H groups in total. The molecule has 0 aliphatic carbocycles. The molecular formula is C24H39N5O2. The van der Waals surface area contributed by atoms with Gasteiger partial charge in [-0.05, 0) is 38.2 Å². The summed E-state index contributed by atoms with van der Waals surface area (Å²) >= 11 is 0. The van der Waals surface area contributed by atoms with Crippen LogP contribution >= 0.6 is 0 Å². The summed E-state index contributed by atoms with van der Waals surface area (Å²) in [6.45, 7) is 9.69. The molecule has 1 aromatic rings. The molecule has 2 aliphatic rings. The maximum atomic E-state index is 11.9. The summed E-state index contributed by atoms with van der Waals surface area (Å²) in [5, 5.41) is 9.97. The molecule has 2 atom stereocenters. The first-order chi connectivity index (χ1) is 15.2. The second-order valence-corrected chi connectivity index (χ2v) is 8.52. The van der Waals surface area contributed by atoms with Gasteiger partial charge in [0.25, 0.3) is 0 Å². The van der Waals surface area contributed by atoms with Crippen LogP contribution in [0.3, 0.4) is 0 Å². The lowest BCUT2D eigenvalue weighted by Crippen LogP contribution is -2.50. The van der Waals surface area contributed by atoms with Gasteiger partial charge in [0.15, 0.2) is 5.96 Å². The second-order valence-electron chi connectivity index (χ2n) is 8.52. The predicted octanol–water partition coefficient (Wildman–Crippen LogP) is 2.31. The largest absolute Gasteiger partial charge is 0.373 e. The first-order valence-corrected chi connectivity index (χ1v) is 11.9. The Morgan fingerprint density at radius 3 is 2.61 bits per heavy atom. The number of carbonyl (C=O) groups is 1. The zero-order valence-electron chi connectivity index (χ0n) is 19.1. The normalized spacial score (nSPS) is 23.0. The molecule has 7 nitrogen and oxygen atoms in total. The summed E-state index contributed by atoms with van der Waals surface area (Å²) < 4.78 is 6.01. The van der Waals surface area contributed by atoms with Gasteiger partial charge in [0.05, 0.1) is 12.6 Å². The lowest BCUT2D eigenvalue weighted by atomic mass is 9.95. The highest BCUT2D eigenvalue weighted by atomic mass is 16.5. The summed E-state index contributed by atoms with van der Waals surface area (Å²) in [6, 6.07) is 10.9.